The first-order chi connectivity index (χ1) is 10.3. The molecule has 0 saturated heterocycles. The van der Waals surface area contributed by atoms with Crippen molar-refractivity contribution < 1.29 is 15.0 Å². The number of rotatable bonds is 4. The lowest BCUT2D eigenvalue weighted by atomic mass is 10.1. The Bertz CT molecular complexity index is 753. The largest absolute Gasteiger partial charge is 0.506 e. The molecule has 0 fully saturated rings. The number of aryl methyl sites for hydroxylation is 2. The van der Waals surface area contributed by atoms with Crippen molar-refractivity contribution in [2.24, 2.45) is 0 Å². The molecule has 0 aromatic heterocycles. The molecule has 114 valence electrons. The fraction of sp³-hybridized carbons (Fsp3) is 0.143. The number of anilines is 2. The number of aromatic hydroxyl groups is 1. The van der Waals surface area contributed by atoms with Crippen molar-refractivity contribution in [3.05, 3.63) is 61.7 Å². The number of nitro groups is 2. The second-order valence-electron chi connectivity index (χ2n) is 4.76. The summed E-state index contributed by atoms with van der Waals surface area (Å²) in [5, 5.41) is 34.7. The molecule has 0 aliphatic carbocycles. The van der Waals surface area contributed by atoms with Crippen LogP contribution < -0.4 is 5.32 Å². The van der Waals surface area contributed by atoms with E-state index in [-0.39, 0.29) is 22.7 Å². The topological polar surface area (TPSA) is 119 Å². The van der Waals surface area contributed by atoms with Gasteiger partial charge in [-0.1, -0.05) is 12.1 Å². The Hall–Kier alpha value is -3.16. The highest BCUT2D eigenvalue weighted by Crippen LogP contribution is 2.37. The van der Waals surface area contributed by atoms with Crippen LogP contribution in [0.25, 0.3) is 0 Å². The Balaban J connectivity index is 2.58. The highest BCUT2D eigenvalue weighted by Gasteiger charge is 2.23. The number of nitrogens with one attached hydrogen (secondary N) is 1. The Morgan fingerprint density at radius 1 is 1.00 bits per heavy atom. The number of nitrogens with zero attached hydrogens (tertiary/aromatic N) is 2. The molecule has 0 atom stereocenters. The zero-order valence-corrected chi connectivity index (χ0v) is 11.9. The van der Waals surface area contributed by atoms with Gasteiger partial charge in [-0.05, 0) is 31.5 Å². The highest BCUT2D eigenvalue weighted by atomic mass is 16.6. The molecule has 2 aromatic rings. The van der Waals surface area contributed by atoms with Crippen LogP contribution in [-0.4, -0.2) is 15.0 Å². The van der Waals surface area contributed by atoms with Crippen molar-refractivity contribution >= 4 is 22.7 Å². The second-order valence-corrected chi connectivity index (χ2v) is 4.76. The van der Waals surface area contributed by atoms with E-state index in [0.717, 1.165) is 6.07 Å². The van der Waals surface area contributed by atoms with E-state index in [4.69, 9.17) is 0 Å². The first-order valence-corrected chi connectivity index (χ1v) is 6.30. The van der Waals surface area contributed by atoms with Crippen molar-refractivity contribution in [2.75, 3.05) is 5.32 Å². The van der Waals surface area contributed by atoms with Crippen molar-refractivity contribution in [3.8, 4) is 5.75 Å². The van der Waals surface area contributed by atoms with E-state index in [1.807, 2.05) is 0 Å². The molecule has 2 aromatic carbocycles. The molecule has 8 nitrogen and oxygen atoms in total. The van der Waals surface area contributed by atoms with Crippen LogP contribution in [0.4, 0.5) is 22.7 Å². The third-order valence-corrected chi connectivity index (χ3v) is 3.22. The minimum atomic E-state index is -0.704. The zero-order chi connectivity index (χ0) is 16.4. The summed E-state index contributed by atoms with van der Waals surface area (Å²) in [6, 6.07) is 7.05. The van der Waals surface area contributed by atoms with Crippen molar-refractivity contribution in [1.29, 1.82) is 0 Å². The zero-order valence-electron chi connectivity index (χ0n) is 11.9. The summed E-state index contributed by atoms with van der Waals surface area (Å²) in [4.78, 5) is 20.7. The van der Waals surface area contributed by atoms with Crippen LogP contribution in [0, 0.1) is 34.1 Å². The Morgan fingerprint density at radius 2 is 1.64 bits per heavy atom. The van der Waals surface area contributed by atoms with E-state index >= 15 is 0 Å². The van der Waals surface area contributed by atoms with Crippen LogP contribution in [0.5, 0.6) is 5.75 Å². The van der Waals surface area contributed by atoms with Crippen LogP contribution in [0.3, 0.4) is 0 Å². The van der Waals surface area contributed by atoms with Crippen molar-refractivity contribution in [2.45, 2.75) is 13.8 Å². The average molecular weight is 303 g/mol. The Kier molecular flexibility index (Phi) is 3.93. The number of nitro benzene ring substituents is 2. The highest BCUT2D eigenvalue weighted by molar-refractivity contribution is 5.77. The molecular weight excluding hydrogens is 290 g/mol. The van der Waals surface area contributed by atoms with Crippen LogP contribution in [-0.2, 0) is 0 Å². The predicted octanol–water partition coefficient (Wildman–Crippen LogP) is 3.57. The monoisotopic (exact) mass is 303 g/mol. The van der Waals surface area contributed by atoms with Gasteiger partial charge in [0.1, 0.15) is 11.4 Å². The van der Waals surface area contributed by atoms with Gasteiger partial charge >= 0.3 is 0 Å². The lowest BCUT2D eigenvalue weighted by molar-refractivity contribution is -0.394. The van der Waals surface area contributed by atoms with Gasteiger partial charge in [0.2, 0.25) is 0 Å². The van der Waals surface area contributed by atoms with Gasteiger partial charge in [-0.3, -0.25) is 20.2 Å². The fourth-order valence-corrected chi connectivity index (χ4v) is 2.08. The summed E-state index contributed by atoms with van der Waals surface area (Å²) in [6.07, 6.45) is 0. The van der Waals surface area contributed by atoms with Gasteiger partial charge in [0, 0.05) is 5.56 Å². The molecule has 0 heterocycles. The molecule has 8 heteroatoms. The van der Waals surface area contributed by atoms with Crippen LogP contribution in [0.15, 0.2) is 30.3 Å². The predicted molar refractivity (Wildman–Crippen MR) is 80.6 cm³/mol. The normalized spacial score (nSPS) is 10.3. The number of benzene rings is 2. The van der Waals surface area contributed by atoms with E-state index in [9.17, 15) is 25.3 Å². The van der Waals surface area contributed by atoms with E-state index < -0.39 is 15.5 Å². The Labute approximate surface area is 125 Å². The van der Waals surface area contributed by atoms with Crippen LogP contribution in [0.1, 0.15) is 11.1 Å². The molecule has 0 aliphatic rings. The van der Waals surface area contributed by atoms with E-state index in [0.29, 0.717) is 11.3 Å². The number of hydrogen-bond acceptors (Lipinski definition) is 6. The number of phenols is 1. The minimum absolute atomic E-state index is 0.0645. The fourth-order valence-electron chi connectivity index (χ4n) is 2.08. The van der Waals surface area contributed by atoms with Gasteiger partial charge < -0.3 is 10.4 Å². The number of hydrogen-bond donors (Lipinski definition) is 2. The summed E-state index contributed by atoms with van der Waals surface area (Å²) in [6.45, 7) is 3.22. The maximum atomic E-state index is 11.1. The van der Waals surface area contributed by atoms with Gasteiger partial charge in [0.25, 0.3) is 11.4 Å². The molecule has 0 radical (unpaired) electrons. The average Bonchev–Trinajstić information content (AvgIpc) is 2.42. The number of phenolic OH excluding ortho intramolecular Hbond substituents is 1. The molecule has 0 saturated carbocycles. The molecule has 2 N–H and O–H groups in total. The smallest absolute Gasteiger partial charge is 0.299 e. The summed E-state index contributed by atoms with van der Waals surface area (Å²) in [5.74, 6) is -0.0645. The molecule has 0 aliphatic heterocycles. The van der Waals surface area contributed by atoms with Gasteiger partial charge in [-0.25, -0.2) is 0 Å². The molecule has 22 heavy (non-hydrogen) atoms. The summed E-state index contributed by atoms with van der Waals surface area (Å²) in [5.41, 5.74) is 0.610. The maximum absolute atomic E-state index is 11.1. The SMILES string of the molecule is Cc1cc(Nc2c(C)cccc2O)c([N+](=O)[O-])cc1[N+](=O)[O-]. The first-order valence-electron chi connectivity index (χ1n) is 6.30. The lowest BCUT2D eigenvalue weighted by Gasteiger charge is -2.12. The van der Waals surface area contributed by atoms with Crippen LogP contribution >= 0.6 is 0 Å². The first kappa shape index (κ1) is 15.2. The molecule has 0 amide bonds. The van der Waals surface area contributed by atoms with Gasteiger partial charge in [0.15, 0.2) is 0 Å². The molecule has 0 bridgehead atoms. The molecule has 2 rings (SSSR count). The molecule has 0 unspecified atom stereocenters. The quantitative estimate of drug-likeness (QED) is 0.506. The van der Waals surface area contributed by atoms with Gasteiger partial charge in [-0.15, -0.1) is 0 Å². The second kappa shape index (κ2) is 5.68. The maximum Gasteiger partial charge on any atom is 0.299 e. The van der Waals surface area contributed by atoms with E-state index in [1.165, 1.54) is 19.1 Å². The minimum Gasteiger partial charge on any atom is -0.506 e. The van der Waals surface area contributed by atoms with Gasteiger partial charge in [0.05, 0.1) is 21.6 Å². The third-order valence-electron chi connectivity index (χ3n) is 3.22. The van der Waals surface area contributed by atoms with Crippen molar-refractivity contribution in [1.82, 2.24) is 0 Å². The number of para-hydroxylation sites is 1. The third kappa shape index (κ3) is 2.80. The summed E-state index contributed by atoms with van der Waals surface area (Å²) >= 11 is 0. The Morgan fingerprint density at radius 3 is 2.18 bits per heavy atom. The standard InChI is InChI=1S/C14H13N3O5/c1-8-4-3-5-13(18)14(8)15-10-6-9(2)11(16(19)20)7-12(10)17(21)22/h3-7,15,18H,1-2H3. The van der Waals surface area contributed by atoms with Crippen LogP contribution in [0.2, 0.25) is 0 Å². The van der Waals surface area contributed by atoms with E-state index in [1.54, 1.807) is 19.1 Å². The lowest BCUT2D eigenvalue weighted by Crippen LogP contribution is -2.01. The van der Waals surface area contributed by atoms with Crippen molar-refractivity contribution in [3.63, 3.8) is 0 Å². The molecule has 0 spiro atoms. The molecular formula is C14H13N3O5. The summed E-state index contributed by atoms with van der Waals surface area (Å²) < 4.78 is 0. The van der Waals surface area contributed by atoms with Gasteiger partial charge in [-0.2, -0.15) is 0 Å². The van der Waals surface area contributed by atoms with E-state index in [2.05, 4.69) is 5.32 Å². The summed E-state index contributed by atoms with van der Waals surface area (Å²) in [7, 11) is 0.